The highest BCUT2D eigenvalue weighted by atomic mass is 16.3. The predicted molar refractivity (Wildman–Crippen MR) is 82.7 cm³/mol. The summed E-state index contributed by atoms with van der Waals surface area (Å²) < 4.78 is 5.63. The minimum atomic E-state index is 0.487. The van der Waals surface area contributed by atoms with Crippen LogP contribution in [0.3, 0.4) is 0 Å². The first-order chi connectivity index (χ1) is 9.56. The van der Waals surface area contributed by atoms with Gasteiger partial charge < -0.3 is 14.6 Å². The van der Waals surface area contributed by atoms with Crippen molar-refractivity contribution in [1.29, 1.82) is 0 Å². The summed E-state index contributed by atoms with van der Waals surface area (Å²) in [6, 6.07) is 3.30. The molecular weight excluding hydrogens is 250 g/mol. The Balaban J connectivity index is 1.91. The molecule has 0 radical (unpaired) electrons. The molecule has 2 heterocycles. The Morgan fingerprint density at radius 2 is 2.25 bits per heavy atom. The lowest BCUT2D eigenvalue weighted by molar-refractivity contribution is 0.127. The Kier molecular flexibility index (Phi) is 5.64. The minimum absolute atomic E-state index is 0.487. The fourth-order valence-corrected chi connectivity index (χ4v) is 2.80. The molecule has 1 aromatic rings. The monoisotopic (exact) mass is 279 g/mol. The zero-order chi connectivity index (χ0) is 14.5. The van der Waals surface area contributed by atoms with E-state index in [9.17, 15) is 0 Å². The van der Waals surface area contributed by atoms with Crippen molar-refractivity contribution < 1.29 is 4.42 Å². The van der Waals surface area contributed by atoms with Crippen LogP contribution >= 0.6 is 0 Å². The van der Waals surface area contributed by atoms with Crippen molar-refractivity contribution in [1.82, 2.24) is 15.1 Å². The third-order valence-corrected chi connectivity index (χ3v) is 4.11. The van der Waals surface area contributed by atoms with E-state index >= 15 is 0 Å². The zero-order valence-corrected chi connectivity index (χ0v) is 13.4. The molecule has 4 heteroatoms. The molecule has 114 valence electrons. The van der Waals surface area contributed by atoms with Crippen LogP contribution in [0.15, 0.2) is 16.7 Å². The summed E-state index contributed by atoms with van der Waals surface area (Å²) in [6.07, 6.45) is 4.43. The molecule has 2 rings (SSSR count). The van der Waals surface area contributed by atoms with Gasteiger partial charge >= 0.3 is 0 Å². The van der Waals surface area contributed by atoms with Gasteiger partial charge in [-0.1, -0.05) is 13.8 Å². The van der Waals surface area contributed by atoms with E-state index in [2.05, 4.69) is 49.1 Å². The van der Waals surface area contributed by atoms with Crippen LogP contribution in [0.1, 0.15) is 38.0 Å². The van der Waals surface area contributed by atoms with Crippen molar-refractivity contribution in [3.05, 3.63) is 23.7 Å². The lowest BCUT2D eigenvalue weighted by Crippen LogP contribution is -2.44. The third kappa shape index (κ3) is 4.33. The highest BCUT2D eigenvalue weighted by Crippen LogP contribution is 2.19. The van der Waals surface area contributed by atoms with E-state index in [4.69, 9.17) is 4.42 Å². The molecule has 0 bridgehead atoms. The van der Waals surface area contributed by atoms with Gasteiger partial charge in [0.25, 0.3) is 0 Å². The second-order valence-electron chi connectivity index (χ2n) is 6.40. The number of rotatable bonds is 6. The summed E-state index contributed by atoms with van der Waals surface area (Å²) in [4.78, 5) is 4.90. The van der Waals surface area contributed by atoms with Gasteiger partial charge in [0.1, 0.15) is 5.76 Å². The highest BCUT2D eigenvalue weighted by Gasteiger charge is 2.22. The molecule has 1 N–H and O–H groups in total. The van der Waals surface area contributed by atoms with Gasteiger partial charge in [0, 0.05) is 30.7 Å². The Morgan fingerprint density at radius 1 is 1.45 bits per heavy atom. The van der Waals surface area contributed by atoms with Crippen LogP contribution < -0.4 is 5.32 Å². The summed E-state index contributed by atoms with van der Waals surface area (Å²) in [6.45, 7) is 8.52. The molecule has 1 fully saturated rings. The number of nitrogens with one attached hydrogen (secondary N) is 1. The van der Waals surface area contributed by atoms with Crippen LogP contribution in [0.5, 0.6) is 0 Å². The van der Waals surface area contributed by atoms with Crippen molar-refractivity contribution in [3.8, 4) is 0 Å². The fraction of sp³-hybridized carbons (Fsp3) is 0.750. The summed E-state index contributed by atoms with van der Waals surface area (Å²) in [5, 5.41) is 3.43. The number of hydrogen-bond donors (Lipinski definition) is 1. The second-order valence-corrected chi connectivity index (χ2v) is 6.40. The van der Waals surface area contributed by atoms with Crippen molar-refractivity contribution in [2.75, 3.05) is 27.2 Å². The summed E-state index contributed by atoms with van der Waals surface area (Å²) in [5.74, 6) is 1.09. The molecule has 1 aromatic heterocycles. The summed E-state index contributed by atoms with van der Waals surface area (Å²) in [7, 11) is 4.37. The largest absolute Gasteiger partial charge is 0.468 e. The molecule has 0 amide bonds. The van der Waals surface area contributed by atoms with Gasteiger partial charge in [0.2, 0.25) is 0 Å². The van der Waals surface area contributed by atoms with Crippen molar-refractivity contribution in [2.45, 2.75) is 51.9 Å². The molecule has 0 aromatic carbocycles. The molecule has 0 spiro atoms. The van der Waals surface area contributed by atoms with E-state index in [0.29, 0.717) is 12.1 Å². The van der Waals surface area contributed by atoms with Gasteiger partial charge in [-0.25, -0.2) is 0 Å². The van der Waals surface area contributed by atoms with E-state index in [0.717, 1.165) is 25.4 Å². The van der Waals surface area contributed by atoms with Crippen LogP contribution in [-0.2, 0) is 13.1 Å². The first kappa shape index (κ1) is 15.5. The lowest BCUT2D eigenvalue weighted by Gasteiger charge is -2.36. The molecule has 1 saturated heterocycles. The number of nitrogens with zero attached hydrogens (tertiary/aromatic N) is 2. The topological polar surface area (TPSA) is 31.7 Å². The Morgan fingerprint density at radius 3 is 2.95 bits per heavy atom. The third-order valence-electron chi connectivity index (χ3n) is 4.11. The predicted octanol–water partition coefficient (Wildman–Crippen LogP) is 2.30. The Labute approximate surface area is 123 Å². The fourth-order valence-electron chi connectivity index (χ4n) is 2.80. The molecule has 20 heavy (non-hydrogen) atoms. The SMILES string of the molecule is CC(C)NCc1occc1CN1CCCC(N(C)C)C1. The van der Waals surface area contributed by atoms with Gasteiger partial charge in [-0.05, 0) is 39.5 Å². The average molecular weight is 279 g/mol. The number of furan rings is 1. The Bertz CT molecular complexity index is 400. The molecule has 1 aliphatic heterocycles. The van der Waals surface area contributed by atoms with Crippen molar-refractivity contribution in [3.63, 3.8) is 0 Å². The molecule has 1 aliphatic rings. The number of likely N-dealkylation sites (N-methyl/N-ethyl adjacent to an activating group) is 1. The summed E-state index contributed by atoms with van der Waals surface area (Å²) in [5.41, 5.74) is 1.33. The molecule has 1 atom stereocenters. The van der Waals surface area contributed by atoms with E-state index in [-0.39, 0.29) is 0 Å². The van der Waals surface area contributed by atoms with E-state index < -0.39 is 0 Å². The zero-order valence-electron chi connectivity index (χ0n) is 13.4. The van der Waals surface area contributed by atoms with Crippen molar-refractivity contribution >= 4 is 0 Å². The molecular formula is C16H29N3O. The minimum Gasteiger partial charge on any atom is -0.468 e. The normalized spacial score (nSPS) is 21.0. The summed E-state index contributed by atoms with van der Waals surface area (Å²) >= 11 is 0. The van der Waals surface area contributed by atoms with Crippen molar-refractivity contribution in [2.24, 2.45) is 0 Å². The van der Waals surface area contributed by atoms with Crippen LogP contribution in [0.4, 0.5) is 0 Å². The number of likely N-dealkylation sites (tertiary alicyclic amines) is 1. The van der Waals surface area contributed by atoms with Gasteiger partial charge in [-0.2, -0.15) is 0 Å². The first-order valence-corrected chi connectivity index (χ1v) is 7.73. The average Bonchev–Trinajstić information content (AvgIpc) is 2.84. The van der Waals surface area contributed by atoms with E-state index in [1.807, 2.05) is 6.26 Å². The quantitative estimate of drug-likeness (QED) is 0.866. The molecule has 0 saturated carbocycles. The van der Waals surface area contributed by atoms with E-state index in [1.165, 1.54) is 24.9 Å². The molecule has 0 aliphatic carbocycles. The van der Waals surface area contributed by atoms with Gasteiger partial charge in [-0.3, -0.25) is 4.90 Å². The molecule has 4 nitrogen and oxygen atoms in total. The maximum atomic E-state index is 5.63. The smallest absolute Gasteiger partial charge is 0.122 e. The van der Waals surface area contributed by atoms with Crippen LogP contribution in [-0.4, -0.2) is 49.1 Å². The van der Waals surface area contributed by atoms with Gasteiger partial charge in [0.05, 0.1) is 12.8 Å². The maximum absolute atomic E-state index is 5.63. The van der Waals surface area contributed by atoms with E-state index in [1.54, 1.807) is 0 Å². The standard InChI is InChI=1S/C16H29N3O/c1-13(2)17-10-16-14(7-9-20-16)11-19-8-5-6-15(12-19)18(3)4/h7,9,13,15,17H,5-6,8,10-12H2,1-4H3. The number of piperidine rings is 1. The highest BCUT2D eigenvalue weighted by molar-refractivity contribution is 5.17. The lowest BCUT2D eigenvalue weighted by atomic mass is 10.0. The first-order valence-electron chi connectivity index (χ1n) is 7.73. The van der Waals surface area contributed by atoms with Gasteiger partial charge in [-0.15, -0.1) is 0 Å². The number of hydrogen-bond acceptors (Lipinski definition) is 4. The second kappa shape index (κ2) is 7.25. The maximum Gasteiger partial charge on any atom is 0.122 e. The van der Waals surface area contributed by atoms with Crippen LogP contribution in [0.2, 0.25) is 0 Å². The van der Waals surface area contributed by atoms with Gasteiger partial charge in [0.15, 0.2) is 0 Å². The Hall–Kier alpha value is -0.840. The van der Waals surface area contributed by atoms with Crippen LogP contribution in [0.25, 0.3) is 0 Å². The molecule has 1 unspecified atom stereocenters. The van der Waals surface area contributed by atoms with Crippen LogP contribution in [0, 0.1) is 0 Å².